The Kier molecular flexibility index (Phi) is 6.81. The molecule has 1 heterocycles. The zero-order valence-corrected chi connectivity index (χ0v) is 18.4. The van der Waals surface area contributed by atoms with E-state index in [4.69, 9.17) is 9.57 Å². The van der Waals surface area contributed by atoms with E-state index in [1.54, 1.807) is 0 Å². The van der Waals surface area contributed by atoms with Crippen LogP contribution in [0.4, 0.5) is 0 Å². The minimum absolute atomic E-state index is 0.0648. The van der Waals surface area contributed by atoms with Gasteiger partial charge in [0, 0.05) is 17.5 Å². The lowest BCUT2D eigenvalue weighted by molar-refractivity contribution is -0.280. The van der Waals surface area contributed by atoms with E-state index in [9.17, 15) is 0 Å². The lowest BCUT2D eigenvalue weighted by Gasteiger charge is -2.51. The van der Waals surface area contributed by atoms with Gasteiger partial charge in [-0.3, -0.25) is 4.84 Å². The third kappa shape index (κ3) is 5.49. The average molecular weight is 394 g/mol. The van der Waals surface area contributed by atoms with Crippen LogP contribution in [0.3, 0.4) is 0 Å². The van der Waals surface area contributed by atoms with Crippen LogP contribution in [0.15, 0.2) is 55.1 Å². The van der Waals surface area contributed by atoms with Gasteiger partial charge < -0.3 is 4.74 Å². The molecule has 0 saturated carbocycles. The molecule has 0 aromatic heterocycles. The van der Waals surface area contributed by atoms with Crippen molar-refractivity contribution in [3.8, 4) is 5.75 Å². The molecule has 3 rings (SSSR count). The zero-order chi connectivity index (χ0) is 20.9. The van der Waals surface area contributed by atoms with E-state index in [2.05, 4.69) is 75.7 Å². The second kappa shape index (κ2) is 9.15. The SMILES string of the molecule is C=Cc1ccc(COc2ccccc2CCON2C(C)(C)CCCC2(C)C)cc1. The Morgan fingerprint density at radius 3 is 2.28 bits per heavy atom. The van der Waals surface area contributed by atoms with Crippen LogP contribution in [0.1, 0.15) is 63.6 Å². The van der Waals surface area contributed by atoms with E-state index in [0.717, 1.165) is 23.3 Å². The highest BCUT2D eigenvalue weighted by atomic mass is 16.7. The summed E-state index contributed by atoms with van der Waals surface area (Å²) in [5, 5.41) is 2.23. The predicted octanol–water partition coefficient (Wildman–Crippen LogP) is 6.43. The Balaban J connectivity index is 1.59. The number of nitrogens with zero attached hydrogens (tertiary/aromatic N) is 1. The van der Waals surface area contributed by atoms with Crippen LogP contribution >= 0.6 is 0 Å². The maximum absolute atomic E-state index is 6.33. The smallest absolute Gasteiger partial charge is 0.123 e. The van der Waals surface area contributed by atoms with Crippen LogP contribution in [0.5, 0.6) is 5.75 Å². The molecule has 1 aliphatic heterocycles. The largest absolute Gasteiger partial charge is 0.489 e. The molecule has 2 aromatic carbocycles. The van der Waals surface area contributed by atoms with Crippen LogP contribution in [0, 0.1) is 0 Å². The Labute approximate surface area is 176 Å². The van der Waals surface area contributed by atoms with E-state index < -0.39 is 0 Å². The van der Waals surface area contributed by atoms with Gasteiger partial charge in [-0.25, -0.2) is 0 Å². The average Bonchev–Trinajstić information content (AvgIpc) is 2.69. The summed E-state index contributed by atoms with van der Waals surface area (Å²) in [4.78, 5) is 6.33. The van der Waals surface area contributed by atoms with Crippen molar-refractivity contribution >= 4 is 6.08 Å². The van der Waals surface area contributed by atoms with Gasteiger partial charge in [0.25, 0.3) is 0 Å². The molecule has 29 heavy (non-hydrogen) atoms. The molecule has 0 atom stereocenters. The van der Waals surface area contributed by atoms with E-state index in [0.29, 0.717) is 13.2 Å². The van der Waals surface area contributed by atoms with Crippen LogP contribution in [0.2, 0.25) is 0 Å². The van der Waals surface area contributed by atoms with Gasteiger partial charge in [0.1, 0.15) is 12.4 Å². The first kappa shape index (κ1) is 21.6. The Morgan fingerprint density at radius 1 is 0.966 bits per heavy atom. The van der Waals surface area contributed by atoms with Gasteiger partial charge in [0.05, 0.1) is 6.61 Å². The van der Waals surface area contributed by atoms with Crippen molar-refractivity contribution in [3.05, 3.63) is 71.8 Å². The number of hydrogen-bond acceptors (Lipinski definition) is 3. The Morgan fingerprint density at radius 2 is 1.62 bits per heavy atom. The van der Waals surface area contributed by atoms with Gasteiger partial charge in [0.2, 0.25) is 0 Å². The van der Waals surface area contributed by atoms with E-state index >= 15 is 0 Å². The number of piperidine rings is 1. The second-order valence-corrected chi connectivity index (χ2v) is 9.20. The highest BCUT2D eigenvalue weighted by Crippen LogP contribution is 2.38. The molecule has 1 saturated heterocycles. The number of benzene rings is 2. The van der Waals surface area contributed by atoms with Crippen molar-refractivity contribution in [1.82, 2.24) is 5.06 Å². The monoisotopic (exact) mass is 393 g/mol. The molecule has 0 N–H and O–H groups in total. The van der Waals surface area contributed by atoms with Crippen molar-refractivity contribution in [1.29, 1.82) is 0 Å². The highest BCUT2D eigenvalue weighted by Gasteiger charge is 2.42. The summed E-state index contributed by atoms with van der Waals surface area (Å²) in [6.07, 6.45) is 6.27. The topological polar surface area (TPSA) is 21.7 Å². The molecule has 0 bridgehead atoms. The number of rotatable bonds is 8. The number of hydrogen-bond donors (Lipinski definition) is 0. The summed E-state index contributed by atoms with van der Waals surface area (Å²) in [6.45, 7) is 14.1. The summed E-state index contributed by atoms with van der Waals surface area (Å²) in [5.74, 6) is 0.932. The van der Waals surface area contributed by atoms with E-state index in [-0.39, 0.29) is 11.1 Å². The predicted molar refractivity (Wildman–Crippen MR) is 121 cm³/mol. The van der Waals surface area contributed by atoms with Crippen molar-refractivity contribution in [2.45, 2.75) is 71.1 Å². The van der Waals surface area contributed by atoms with Gasteiger partial charge in [-0.2, -0.15) is 5.06 Å². The molecule has 0 spiro atoms. The quantitative estimate of drug-likeness (QED) is 0.516. The fourth-order valence-electron chi connectivity index (χ4n) is 4.33. The third-order valence-electron chi connectivity index (χ3n) is 5.85. The molecule has 1 aliphatic rings. The van der Waals surface area contributed by atoms with Crippen LogP contribution < -0.4 is 4.74 Å². The number of para-hydroxylation sites is 1. The molecular weight excluding hydrogens is 358 g/mol. The van der Waals surface area contributed by atoms with Crippen molar-refractivity contribution < 1.29 is 9.57 Å². The van der Waals surface area contributed by atoms with Crippen LogP contribution in [0.25, 0.3) is 6.08 Å². The van der Waals surface area contributed by atoms with Gasteiger partial charge in [-0.1, -0.05) is 55.1 Å². The molecule has 2 aromatic rings. The fraction of sp³-hybridized carbons (Fsp3) is 0.462. The highest BCUT2D eigenvalue weighted by molar-refractivity contribution is 5.47. The lowest BCUT2D eigenvalue weighted by atomic mass is 9.82. The van der Waals surface area contributed by atoms with Gasteiger partial charge >= 0.3 is 0 Å². The molecule has 156 valence electrons. The molecule has 3 heteroatoms. The first-order valence-corrected chi connectivity index (χ1v) is 10.7. The minimum Gasteiger partial charge on any atom is -0.489 e. The summed E-state index contributed by atoms with van der Waals surface area (Å²) in [5.41, 5.74) is 3.58. The fourth-order valence-corrected chi connectivity index (χ4v) is 4.33. The molecule has 1 fully saturated rings. The zero-order valence-electron chi connectivity index (χ0n) is 18.4. The molecule has 3 nitrogen and oxygen atoms in total. The lowest BCUT2D eigenvalue weighted by Crippen LogP contribution is -2.58. The summed E-state index contributed by atoms with van der Waals surface area (Å²) in [7, 11) is 0. The summed E-state index contributed by atoms with van der Waals surface area (Å²) >= 11 is 0. The molecule has 0 amide bonds. The maximum atomic E-state index is 6.33. The number of ether oxygens (including phenoxy) is 1. The maximum Gasteiger partial charge on any atom is 0.123 e. The first-order valence-electron chi connectivity index (χ1n) is 10.7. The minimum atomic E-state index is 0.0648. The molecule has 0 radical (unpaired) electrons. The van der Waals surface area contributed by atoms with E-state index in [1.165, 1.54) is 24.8 Å². The molecular formula is C26H35NO2. The number of hydroxylamine groups is 2. The van der Waals surface area contributed by atoms with Crippen molar-refractivity contribution in [3.63, 3.8) is 0 Å². The van der Waals surface area contributed by atoms with E-state index in [1.807, 2.05) is 18.2 Å². The van der Waals surface area contributed by atoms with Gasteiger partial charge in [-0.05, 0) is 69.7 Å². The van der Waals surface area contributed by atoms with Crippen molar-refractivity contribution in [2.24, 2.45) is 0 Å². The first-order chi connectivity index (χ1) is 13.8. The normalized spacial score (nSPS) is 18.3. The van der Waals surface area contributed by atoms with Crippen LogP contribution in [-0.2, 0) is 17.9 Å². The van der Waals surface area contributed by atoms with Crippen LogP contribution in [-0.4, -0.2) is 22.7 Å². The van der Waals surface area contributed by atoms with Gasteiger partial charge in [-0.15, -0.1) is 0 Å². The summed E-state index contributed by atoms with van der Waals surface area (Å²) in [6, 6.07) is 16.6. The molecule has 0 unspecified atom stereocenters. The molecule has 0 aliphatic carbocycles. The standard InChI is InChI=1S/C26H35NO2/c1-6-21-12-14-22(15-13-21)20-28-24-11-8-7-10-23(24)16-19-29-27-25(2,3)17-9-18-26(27,4)5/h6-8,10-15H,1,9,16-20H2,2-5H3. The van der Waals surface area contributed by atoms with Crippen molar-refractivity contribution in [2.75, 3.05) is 6.61 Å². The Bertz CT molecular complexity index is 792. The van der Waals surface area contributed by atoms with Gasteiger partial charge in [0.15, 0.2) is 0 Å². The third-order valence-corrected chi connectivity index (χ3v) is 5.85. The summed E-state index contributed by atoms with van der Waals surface area (Å²) < 4.78 is 6.13. The Hall–Kier alpha value is -2.10. The second-order valence-electron chi connectivity index (χ2n) is 9.20.